The van der Waals surface area contributed by atoms with Crippen molar-refractivity contribution in [3.8, 4) is 0 Å². The number of aliphatic carboxylic acids is 1. The van der Waals surface area contributed by atoms with Crippen LogP contribution >= 0.6 is 15.9 Å². The Bertz CT molecular complexity index is 931. The van der Waals surface area contributed by atoms with Crippen molar-refractivity contribution in [3.63, 3.8) is 0 Å². The van der Waals surface area contributed by atoms with Gasteiger partial charge in [0.2, 0.25) is 0 Å². The Morgan fingerprint density at radius 2 is 1.92 bits per heavy atom. The number of H-pyrrole nitrogens is 1. The van der Waals surface area contributed by atoms with Gasteiger partial charge >= 0.3 is 5.97 Å². The monoisotopic (exact) mass is 400 g/mol. The van der Waals surface area contributed by atoms with Gasteiger partial charge in [-0.3, -0.25) is 9.59 Å². The molecule has 6 heteroatoms. The van der Waals surface area contributed by atoms with Gasteiger partial charge in [0.15, 0.2) is 0 Å². The maximum Gasteiger partial charge on any atom is 0.305 e. The van der Waals surface area contributed by atoms with E-state index in [1.165, 1.54) is 0 Å². The van der Waals surface area contributed by atoms with E-state index in [9.17, 15) is 14.7 Å². The standard InChI is InChI=1S/C19H17BrN2O3/c1-11-9-15-14(3-2-4-16(15)21-11)19(25)22-17(10-18(23)24)12-5-7-13(20)8-6-12/h2-9,17,21H,10H2,1H3,(H,22,25)(H,23,24)/t17-/m0/s1. The van der Waals surface area contributed by atoms with Crippen LogP contribution in [0, 0.1) is 6.92 Å². The summed E-state index contributed by atoms with van der Waals surface area (Å²) in [5.74, 6) is -1.26. The quantitative estimate of drug-likeness (QED) is 0.600. The first-order valence-electron chi connectivity index (χ1n) is 7.80. The third kappa shape index (κ3) is 3.91. The molecule has 5 nitrogen and oxygen atoms in total. The van der Waals surface area contributed by atoms with Crippen LogP contribution in [0.1, 0.15) is 34.1 Å². The molecule has 1 atom stereocenters. The molecular weight excluding hydrogens is 384 g/mol. The van der Waals surface area contributed by atoms with Gasteiger partial charge in [-0.05, 0) is 42.8 Å². The van der Waals surface area contributed by atoms with Gasteiger partial charge in [-0.25, -0.2) is 0 Å². The average Bonchev–Trinajstić information content (AvgIpc) is 2.94. The number of aryl methyl sites for hydroxylation is 1. The lowest BCUT2D eigenvalue weighted by Crippen LogP contribution is -2.30. The number of aromatic amines is 1. The second kappa shape index (κ2) is 7.11. The first kappa shape index (κ1) is 17.2. The first-order valence-corrected chi connectivity index (χ1v) is 8.60. The summed E-state index contributed by atoms with van der Waals surface area (Å²) < 4.78 is 0.893. The van der Waals surface area contributed by atoms with Gasteiger partial charge < -0.3 is 15.4 Å². The van der Waals surface area contributed by atoms with Crippen LogP contribution in [0.2, 0.25) is 0 Å². The van der Waals surface area contributed by atoms with Crippen molar-refractivity contribution < 1.29 is 14.7 Å². The molecule has 0 aliphatic carbocycles. The van der Waals surface area contributed by atoms with Gasteiger partial charge in [0.05, 0.1) is 12.5 Å². The summed E-state index contributed by atoms with van der Waals surface area (Å²) in [4.78, 5) is 27.2. The molecule has 1 heterocycles. The van der Waals surface area contributed by atoms with Crippen molar-refractivity contribution in [2.24, 2.45) is 0 Å². The fraction of sp³-hybridized carbons (Fsp3) is 0.158. The fourth-order valence-corrected chi connectivity index (χ4v) is 3.11. The Morgan fingerprint density at radius 1 is 1.20 bits per heavy atom. The lowest BCUT2D eigenvalue weighted by Gasteiger charge is -2.18. The number of fused-ring (bicyclic) bond motifs is 1. The number of rotatable bonds is 5. The third-order valence-electron chi connectivity index (χ3n) is 4.00. The highest BCUT2D eigenvalue weighted by molar-refractivity contribution is 9.10. The maximum atomic E-state index is 12.8. The van der Waals surface area contributed by atoms with E-state index in [1.54, 1.807) is 24.3 Å². The second-order valence-electron chi connectivity index (χ2n) is 5.89. The van der Waals surface area contributed by atoms with Gasteiger partial charge in [0.1, 0.15) is 0 Å². The molecule has 0 aliphatic heterocycles. The molecule has 3 aromatic rings. The number of nitrogens with one attached hydrogen (secondary N) is 2. The number of carboxylic acids is 1. The molecule has 25 heavy (non-hydrogen) atoms. The van der Waals surface area contributed by atoms with Crippen LogP contribution in [0.25, 0.3) is 10.9 Å². The van der Waals surface area contributed by atoms with E-state index < -0.39 is 12.0 Å². The van der Waals surface area contributed by atoms with E-state index in [0.29, 0.717) is 5.56 Å². The first-order chi connectivity index (χ1) is 11.9. The summed E-state index contributed by atoms with van der Waals surface area (Å²) in [7, 11) is 0. The van der Waals surface area contributed by atoms with Gasteiger partial charge in [0, 0.05) is 26.6 Å². The van der Waals surface area contributed by atoms with Gasteiger partial charge in [-0.15, -0.1) is 0 Å². The summed E-state index contributed by atoms with van der Waals surface area (Å²) in [6, 6.07) is 14.0. The van der Waals surface area contributed by atoms with Crippen molar-refractivity contribution in [2.75, 3.05) is 0 Å². The Balaban J connectivity index is 1.91. The zero-order valence-electron chi connectivity index (χ0n) is 13.5. The number of benzene rings is 2. The fourth-order valence-electron chi connectivity index (χ4n) is 2.85. The minimum Gasteiger partial charge on any atom is -0.481 e. The normalized spacial score (nSPS) is 12.1. The molecule has 128 valence electrons. The topological polar surface area (TPSA) is 82.2 Å². The van der Waals surface area contributed by atoms with Crippen molar-refractivity contribution >= 4 is 38.7 Å². The van der Waals surface area contributed by atoms with Crippen LogP contribution in [0.15, 0.2) is 53.0 Å². The molecule has 0 bridgehead atoms. The van der Waals surface area contributed by atoms with Crippen LogP contribution in [-0.4, -0.2) is 22.0 Å². The predicted octanol–water partition coefficient (Wildman–Crippen LogP) is 4.18. The molecule has 0 unspecified atom stereocenters. The highest BCUT2D eigenvalue weighted by Crippen LogP contribution is 2.23. The molecule has 0 saturated heterocycles. The minimum atomic E-state index is -0.969. The number of hydrogen-bond donors (Lipinski definition) is 3. The Morgan fingerprint density at radius 3 is 2.60 bits per heavy atom. The number of halogens is 1. The average molecular weight is 401 g/mol. The highest BCUT2D eigenvalue weighted by Gasteiger charge is 2.20. The van der Waals surface area contributed by atoms with Crippen molar-refractivity contribution in [3.05, 3.63) is 69.8 Å². The van der Waals surface area contributed by atoms with Crippen LogP contribution in [0.3, 0.4) is 0 Å². The number of hydrogen-bond acceptors (Lipinski definition) is 2. The van der Waals surface area contributed by atoms with Crippen LogP contribution in [0.5, 0.6) is 0 Å². The summed E-state index contributed by atoms with van der Waals surface area (Å²) >= 11 is 3.36. The van der Waals surface area contributed by atoms with E-state index in [-0.39, 0.29) is 12.3 Å². The van der Waals surface area contributed by atoms with E-state index in [0.717, 1.165) is 26.6 Å². The highest BCUT2D eigenvalue weighted by atomic mass is 79.9. The summed E-state index contributed by atoms with van der Waals surface area (Å²) in [5.41, 5.74) is 3.11. The molecule has 0 aliphatic rings. The Hall–Kier alpha value is -2.60. The van der Waals surface area contributed by atoms with E-state index >= 15 is 0 Å². The number of amides is 1. The molecule has 0 fully saturated rings. The predicted molar refractivity (Wildman–Crippen MR) is 99.6 cm³/mol. The molecule has 3 rings (SSSR count). The van der Waals surface area contributed by atoms with Gasteiger partial charge in [0.25, 0.3) is 5.91 Å². The largest absolute Gasteiger partial charge is 0.481 e. The van der Waals surface area contributed by atoms with Gasteiger partial charge in [-0.2, -0.15) is 0 Å². The minimum absolute atomic E-state index is 0.185. The van der Waals surface area contributed by atoms with Crippen LogP contribution in [0.4, 0.5) is 0 Å². The number of carbonyl (C=O) groups excluding carboxylic acids is 1. The van der Waals surface area contributed by atoms with Crippen LogP contribution < -0.4 is 5.32 Å². The number of carbonyl (C=O) groups is 2. The molecule has 1 amide bonds. The van der Waals surface area contributed by atoms with E-state index in [2.05, 4.69) is 26.2 Å². The zero-order valence-corrected chi connectivity index (χ0v) is 15.1. The van der Waals surface area contributed by atoms with Crippen molar-refractivity contribution in [2.45, 2.75) is 19.4 Å². The zero-order chi connectivity index (χ0) is 18.0. The van der Waals surface area contributed by atoms with E-state index in [4.69, 9.17) is 0 Å². The van der Waals surface area contributed by atoms with E-state index in [1.807, 2.05) is 31.2 Å². The lowest BCUT2D eigenvalue weighted by molar-refractivity contribution is -0.137. The third-order valence-corrected chi connectivity index (χ3v) is 4.53. The number of carboxylic acid groups (broad SMARTS) is 1. The Kier molecular flexibility index (Phi) is 4.90. The Labute approximate surface area is 153 Å². The maximum absolute atomic E-state index is 12.8. The molecule has 0 spiro atoms. The SMILES string of the molecule is Cc1cc2c(C(=O)N[C@@H](CC(=O)O)c3ccc(Br)cc3)cccc2[nH]1. The smallest absolute Gasteiger partial charge is 0.305 e. The molecule has 0 radical (unpaired) electrons. The molecular formula is C19H17BrN2O3. The summed E-state index contributed by atoms with van der Waals surface area (Å²) in [5, 5.41) is 12.9. The number of aromatic nitrogens is 1. The summed E-state index contributed by atoms with van der Waals surface area (Å²) in [6.45, 7) is 1.93. The van der Waals surface area contributed by atoms with Crippen LogP contribution in [-0.2, 0) is 4.79 Å². The molecule has 2 aromatic carbocycles. The summed E-state index contributed by atoms with van der Waals surface area (Å²) in [6.07, 6.45) is -0.185. The molecule has 1 aromatic heterocycles. The lowest BCUT2D eigenvalue weighted by atomic mass is 10.0. The van der Waals surface area contributed by atoms with Gasteiger partial charge in [-0.1, -0.05) is 34.1 Å². The second-order valence-corrected chi connectivity index (χ2v) is 6.81. The molecule has 3 N–H and O–H groups in total. The van der Waals surface area contributed by atoms with Crippen molar-refractivity contribution in [1.29, 1.82) is 0 Å². The molecule has 0 saturated carbocycles. The van der Waals surface area contributed by atoms with Crippen molar-refractivity contribution in [1.82, 2.24) is 10.3 Å².